The van der Waals surface area contributed by atoms with E-state index in [0.29, 0.717) is 0 Å². The van der Waals surface area contributed by atoms with Gasteiger partial charge in [0.1, 0.15) is 5.76 Å². The summed E-state index contributed by atoms with van der Waals surface area (Å²) in [6, 6.07) is 0.197. The van der Waals surface area contributed by atoms with E-state index in [1.165, 1.54) is 0 Å². The van der Waals surface area contributed by atoms with Gasteiger partial charge in [-0.05, 0) is 13.3 Å². The molecule has 4 nitrogen and oxygen atoms in total. The molecule has 0 aliphatic rings. The summed E-state index contributed by atoms with van der Waals surface area (Å²) in [5.41, 5.74) is 6.92. The lowest BCUT2D eigenvalue weighted by atomic mass is 10.2. The van der Waals surface area contributed by atoms with Gasteiger partial charge in [-0.1, -0.05) is 12.1 Å². The SMILES string of the molecule is CCC(N)Cc1ncc(-c2cnoc2C)s1. The Hall–Kier alpha value is -1.20. The van der Waals surface area contributed by atoms with Gasteiger partial charge in [0.05, 0.1) is 21.6 Å². The van der Waals surface area contributed by atoms with Crippen LogP contribution >= 0.6 is 11.3 Å². The monoisotopic (exact) mass is 237 g/mol. The second kappa shape index (κ2) is 4.76. The lowest BCUT2D eigenvalue weighted by Crippen LogP contribution is -2.21. The molecule has 1 atom stereocenters. The van der Waals surface area contributed by atoms with Crippen molar-refractivity contribution in [1.82, 2.24) is 10.1 Å². The lowest BCUT2D eigenvalue weighted by Gasteiger charge is -2.03. The van der Waals surface area contributed by atoms with Gasteiger partial charge >= 0.3 is 0 Å². The van der Waals surface area contributed by atoms with E-state index < -0.39 is 0 Å². The van der Waals surface area contributed by atoms with Crippen molar-refractivity contribution in [3.05, 3.63) is 23.2 Å². The average Bonchev–Trinajstić information content (AvgIpc) is 2.86. The summed E-state index contributed by atoms with van der Waals surface area (Å²) in [5, 5.41) is 4.84. The number of aromatic nitrogens is 2. The smallest absolute Gasteiger partial charge is 0.142 e. The van der Waals surface area contributed by atoms with Gasteiger partial charge in [-0.2, -0.15) is 0 Å². The predicted molar refractivity (Wildman–Crippen MR) is 64.3 cm³/mol. The number of nitrogens with zero attached hydrogens (tertiary/aromatic N) is 2. The van der Waals surface area contributed by atoms with E-state index in [1.54, 1.807) is 17.5 Å². The van der Waals surface area contributed by atoms with Gasteiger partial charge in [0.2, 0.25) is 0 Å². The van der Waals surface area contributed by atoms with E-state index >= 15 is 0 Å². The van der Waals surface area contributed by atoms with Crippen molar-refractivity contribution < 1.29 is 4.52 Å². The van der Waals surface area contributed by atoms with Crippen LogP contribution in [-0.2, 0) is 6.42 Å². The molecule has 2 rings (SSSR count). The second-order valence-electron chi connectivity index (χ2n) is 3.79. The zero-order valence-corrected chi connectivity index (χ0v) is 10.3. The molecule has 0 aliphatic carbocycles. The zero-order valence-electron chi connectivity index (χ0n) is 9.43. The number of hydrogen-bond acceptors (Lipinski definition) is 5. The molecule has 0 aromatic carbocycles. The van der Waals surface area contributed by atoms with Crippen LogP contribution in [0, 0.1) is 6.92 Å². The highest BCUT2D eigenvalue weighted by Gasteiger charge is 2.11. The van der Waals surface area contributed by atoms with Crippen LogP contribution in [0.15, 0.2) is 16.9 Å². The molecule has 0 aliphatic heterocycles. The summed E-state index contributed by atoms with van der Waals surface area (Å²) in [6.45, 7) is 3.99. The first kappa shape index (κ1) is 11.3. The first-order valence-electron chi connectivity index (χ1n) is 5.32. The quantitative estimate of drug-likeness (QED) is 0.886. The molecule has 2 N–H and O–H groups in total. The van der Waals surface area contributed by atoms with E-state index in [1.807, 2.05) is 13.1 Å². The van der Waals surface area contributed by atoms with Crippen molar-refractivity contribution in [3.63, 3.8) is 0 Å². The van der Waals surface area contributed by atoms with Crippen molar-refractivity contribution in [3.8, 4) is 10.4 Å². The van der Waals surface area contributed by atoms with Crippen molar-refractivity contribution >= 4 is 11.3 Å². The van der Waals surface area contributed by atoms with Crippen molar-refractivity contribution in [2.24, 2.45) is 5.73 Å². The molecule has 5 heteroatoms. The molecule has 0 saturated heterocycles. The van der Waals surface area contributed by atoms with Gasteiger partial charge < -0.3 is 10.3 Å². The summed E-state index contributed by atoms with van der Waals surface area (Å²) in [7, 11) is 0. The number of nitrogens with two attached hydrogens (primary N) is 1. The third kappa shape index (κ3) is 2.31. The normalized spacial score (nSPS) is 12.9. The minimum Gasteiger partial charge on any atom is -0.361 e. The summed E-state index contributed by atoms with van der Waals surface area (Å²) in [5.74, 6) is 0.829. The Labute approximate surface area is 98.5 Å². The van der Waals surface area contributed by atoms with Gasteiger partial charge in [-0.3, -0.25) is 0 Å². The maximum absolute atomic E-state index is 5.90. The summed E-state index contributed by atoms with van der Waals surface area (Å²) in [4.78, 5) is 5.46. The maximum Gasteiger partial charge on any atom is 0.142 e. The number of rotatable bonds is 4. The van der Waals surface area contributed by atoms with Crippen LogP contribution in [0.4, 0.5) is 0 Å². The van der Waals surface area contributed by atoms with Gasteiger partial charge in [0.15, 0.2) is 0 Å². The fourth-order valence-electron chi connectivity index (χ4n) is 1.43. The minimum atomic E-state index is 0.197. The fourth-order valence-corrected chi connectivity index (χ4v) is 2.50. The molecule has 1 unspecified atom stereocenters. The number of aryl methyl sites for hydroxylation is 1. The predicted octanol–water partition coefficient (Wildman–Crippen LogP) is 2.39. The maximum atomic E-state index is 5.90. The first-order chi connectivity index (χ1) is 7.70. The third-order valence-corrected chi connectivity index (χ3v) is 3.58. The molecule has 0 fully saturated rings. The van der Waals surface area contributed by atoms with Gasteiger partial charge in [0.25, 0.3) is 0 Å². The highest BCUT2D eigenvalue weighted by Crippen LogP contribution is 2.28. The highest BCUT2D eigenvalue weighted by molar-refractivity contribution is 7.15. The Morgan fingerprint density at radius 1 is 1.50 bits per heavy atom. The van der Waals surface area contributed by atoms with Crippen LogP contribution in [0.25, 0.3) is 10.4 Å². The Morgan fingerprint density at radius 2 is 2.31 bits per heavy atom. The molecule has 0 saturated carbocycles. The number of thiazole rings is 1. The molecule has 0 bridgehead atoms. The zero-order chi connectivity index (χ0) is 11.5. The van der Waals surface area contributed by atoms with Crippen LogP contribution < -0.4 is 5.73 Å². The van der Waals surface area contributed by atoms with Crippen molar-refractivity contribution in [2.75, 3.05) is 0 Å². The van der Waals surface area contributed by atoms with Crippen LogP contribution in [0.2, 0.25) is 0 Å². The highest BCUT2D eigenvalue weighted by atomic mass is 32.1. The van der Waals surface area contributed by atoms with E-state index in [9.17, 15) is 0 Å². The molecule has 0 spiro atoms. The molecular formula is C11H15N3OS. The molecule has 0 amide bonds. The van der Waals surface area contributed by atoms with Crippen molar-refractivity contribution in [1.29, 1.82) is 0 Å². The second-order valence-corrected chi connectivity index (χ2v) is 4.90. The summed E-state index contributed by atoms with van der Waals surface area (Å²) >= 11 is 1.66. The van der Waals surface area contributed by atoms with E-state index in [2.05, 4.69) is 17.1 Å². The molecule has 2 heterocycles. The third-order valence-electron chi connectivity index (χ3n) is 2.53. The number of hydrogen-bond donors (Lipinski definition) is 1. The molecule has 16 heavy (non-hydrogen) atoms. The molecule has 86 valence electrons. The minimum absolute atomic E-state index is 0.197. The Morgan fingerprint density at radius 3 is 2.94 bits per heavy atom. The Balaban J connectivity index is 2.17. The van der Waals surface area contributed by atoms with Crippen LogP contribution in [0.3, 0.4) is 0 Å². The van der Waals surface area contributed by atoms with E-state index in [-0.39, 0.29) is 6.04 Å². The standard InChI is InChI=1S/C11H15N3OS/c1-3-8(12)4-11-13-6-10(16-11)9-5-14-15-7(9)2/h5-6,8H,3-4,12H2,1-2H3. The summed E-state index contributed by atoms with van der Waals surface area (Å²) < 4.78 is 5.03. The van der Waals surface area contributed by atoms with Gasteiger partial charge in [-0.25, -0.2) is 4.98 Å². The summed E-state index contributed by atoms with van der Waals surface area (Å²) in [6.07, 6.45) is 5.40. The Kier molecular flexibility index (Phi) is 3.36. The van der Waals surface area contributed by atoms with Crippen LogP contribution in [0.5, 0.6) is 0 Å². The molecule has 0 radical (unpaired) electrons. The largest absolute Gasteiger partial charge is 0.361 e. The molecule has 2 aromatic heterocycles. The van der Waals surface area contributed by atoms with E-state index in [4.69, 9.17) is 10.3 Å². The van der Waals surface area contributed by atoms with Gasteiger partial charge in [-0.15, -0.1) is 11.3 Å². The Bertz CT molecular complexity index is 463. The molecular weight excluding hydrogens is 222 g/mol. The van der Waals surface area contributed by atoms with Crippen LogP contribution in [-0.4, -0.2) is 16.2 Å². The van der Waals surface area contributed by atoms with Gasteiger partial charge in [0, 0.05) is 18.7 Å². The first-order valence-corrected chi connectivity index (χ1v) is 6.14. The van der Waals surface area contributed by atoms with Crippen LogP contribution in [0.1, 0.15) is 24.1 Å². The molecule has 2 aromatic rings. The van der Waals surface area contributed by atoms with Crippen molar-refractivity contribution in [2.45, 2.75) is 32.7 Å². The lowest BCUT2D eigenvalue weighted by molar-refractivity contribution is 0.398. The van der Waals surface area contributed by atoms with E-state index in [0.717, 1.165) is 34.1 Å². The topological polar surface area (TPSA) is 64.9 Å². The fraction of sp³-hybridized carbons (Fsp3) is 0.455. The average molecular weight is 237 g/mol.